The molecule has 2 aliphatic heterocycles. The molecule has 0 radical (unpaired) electrons. The lowest BCUT2D eigenvalue weighted by atomic mass is 10.00. The Hall–Kier alpha value is -3.18. The zero-order valence-electron chi connectivity index (χ0n) is 15.0. The Bertz CT molecular complexity index is 906. The molecule has 0 aromatic heterocycles. The van der Waals surface area contributed by atoms with Crippen molar-refractivity contribution < 1.29 is 36.9 Å². The van der Waals surface area contributed by atoms with E-state index in [1.165, 1.54) is 12.1 Å². The second kappa shape index (κ2) is 8.45. The lowest BCUT2D eigenvalue weighted by Gasteiger charge is -2.27. The first-order valence-corrected chi connectivity index (χ1v) is 9.64. The standard InChI is InChI=1S/C18H16N2O8S/c21-14-6-7-15(22)19(14)12-3-1-11(2-4-12)13(5-10-18(25)28-29(26)27)20-16(23)8-9-17(20)24/h1-4,6-7,13H,5,8-10H2,(H,26,27). The van der Waals surface area contributed by atoms with Crippen molar-refractivity contribution in [2.45, 2.75) is 31.7 Å². The molecule has 4 amide bonds. The van der Waals surface area contributed by atoms with Gasteiger partial charge in [0.05, 0.1) is 11.7 Å². The molecule has 3 rings (SSSR count). The number of imide groups is 2. The van der Waals surface area contributed by atoms with Crippen molar-refractivity contribution in [1.29, 1.82) is 0 Å². The van der Waals surface area contributed by atoms with Gasteiger partial charge in [0.1, 0.15) is 0 Å². The Morgan fingerprint density at radius 3 is 2.10 bits per heavy atom. The van der Waals surface area contributed by atoms with E-state index in [2.05, 4.69) is 4.18 Å². The van der Waals surface area contributed by atoms with E-state index < -0.39 is 47.0 Å². The summed E-state index contributed by atoms with van der Waals surface area (Å²) in [5, 5.41) is 0. The molecular formula is C18H16N2O8S. The average molecular weight is 420 g/mol. The SMILES string of the molecule is O=C(CCC(c1ccc(N2C(=O)C=CC2=O)cc1)N1C(=O)CCC1=O)OS(=O)O. The van der Waals surface area contributed by atoms with E-state index in [0.29, 0.717) is 11.3 Å². The van der Waals surface area contributed by atoms with E-state index in [4.69, 9.17) is 4.55 Å². The maximum absolute atomic E-state index is 12.2. The van der Waals surface area contributed by atoms with Gasteiger partial charge in [-0.2, -0.15) is 4.21 Å². The van der Waals surface area contributed by atoms with E-state index in [1.807, 2.05) is 0 Å². The predicted octanol–water partition coefficient (Wildman–Crippen LogP) is 0.766. The van der Waals surface area contributed by atoms with Crippen LogP contribution in [-0.2, 0) is 39.5 Å². The van der Waals surface area contributed by atoms with Crippen molar-refractivity contribution in [3.8, 4) is 0 Å². The fourth-order valence-electron chi connectivity index (χ4n) is 3.26. The Balaban J connectivity index is 1.83. The zero-order chi connectivity index (χ0) is 21.1. The van der Waals surface area contributed by atoms with Crippen LogP contribution in [0.15, 0.2) is 36.4 Å². The highest BCUT2D eigenvalue weighted by atomic mass is 32.2. The van der Waals surface area contributed by atoms with Crippen LogP contribution in [0, 0.1) is 0 Å². The van der Waals surface area contributed by atoms with Crippen molar-refractivity contribution >= 4 is 46.6 Å². The lowest BCUT2D eigenvalue weighted by molar-refractivity contribution is -0.143. The second-order valence-corrected chi connectivity index (χ2v) is 6.92. The third-order valence-electron chi connectivity index (χ3n) is 4.53. The number of nitrogens with zero attached hydrogens (tertiary/aromatic N) is 2. The highest BCUT2D eigenvalue weighted by Gasteiger charge is 2.36. The van der Waals surface area contributed by atoms with Crippen LogP contribution in [0.5, 0.6) is 0 Å². The number of anilines is 1. The molecule has 0 bridgehead atoms. The number of benzene rings is 1. The van der Waals surface area contributed by atoms with Gasteiger partial charge in [0.25, 0.3) is 11.8 Å². The Morgan fingerprint density at radius 1 is 1.03 bits per heavy atom. The number of likely N-dealkylation sites (tertiary alicyclic amines) is 1. The molecule has 2 atom stereocenters. The van der Waals surface area contributed by atoms with Crippen LogP contribution in [-0.4, -0.2) is 43.3 Å². The summed E-state index contributed by atoms with van der Waals surface area (Å²) in [6.45, 7) is 0. The Morgan fingerprint density at radius 2 is 1.59 bits per heavy atom. The summed E-state index contributed by atoms with van der Waals surface area (Å²) >= 11 is -2.75. The van der Waals surface area contributed by atoms with Crippen LogP contribution in [0.2, 0.25) is 0 Å². The first kappa shape index (κ1) is 20.6. The van der Waals surface area contributed by atoms with E-state index >= 15 is 0 Å². The summed E-state index contributed by atoms with van der Waals surface area (Å²) in [6.07, 6.45) is 2.09. The third-order valence-corrected chi connectivity index (χ3v) is 4.86. The molecule has 2 unspecified atom stereocenters. The number of amides is 4. The summed E-state index contributed by atoms with van der Waals surface area (Å²) in [5.74, 6) is -2.70. The largest absolute Gasteiger partial charge is 0.360 e. The summed E-state index contributed by atoms with van der Waals surface area (Å²) in [6, 6.07) is 5.30. The molecule has 1 fully saturated rings. The number of rotatable bonds is 7. The minimum atomic E-state index is -2.75. The van der Waals surface area contributed by atoms with Gasteiger partial charge in [0.2, 0.25) is 11.8 Å². The van der Waals surface area contributed by atoms with Crippen LogP contribution >= 0.6 is 0 Å². The van der Waals surface area contributed by atoms with Crippen molar-refractivity contribution in [1.82, 2.24) is 4.90 Å². The smallest absolute Gasteiger partial charge is 0.343 e. The molecule has 152 valence electrons. The molecule has 0 aliphatic carbocycles. The normalized spacial score (nSPS) is 18.5. The molecule has 11 heteroatoms. The van der Waals surface area contributed by atoms with Crippen molar-refractivity contribution in [2.75, 3.05) is 4.90 Å². The molecule has 29 heavy (non-hydrogen) atoms. The van der Waals surface area contributed by atoms with Crippen LogP contribution in [0.3, 0.4) is 0 Å². The van der Waals surface area contributed by atoms with Gasteiger partial charge in [-0.3, -0.25) is 33.4 Å². The van der Waals surface area contributed by atoms with Gasteiger partial charge in [0, 0.05) is 31.4 Å². The molecule has 10 nitrogen and oxygen atoms in total. The molecular weight excluding hydrogens is 404 g/mol. The van der Waals surface area contributed by atoms with Crippen LogP contribution in [0.25, 0.3) is 0 Å². The molecule has 2 heterocycles. The van der Waals surface area contributed by atoms with E-state index in [1.54, 1.807) is 12.1 Å². The quantitative estimate of drug-likeness (QED) is 0.504. The van der Waals surface area contributed by atoms with Gasteiger partial charge in [-0.25, -0.2) is 4.90 Å². The highest BCUT2D eigenvalue weighted by molar-refractivity contribution is 7.74. The molecule has 1 aromatic rings. The molecule has 1 aromatic carbocycles. The summed E-state index contributed by atoms with van der Waals surface area (Å²) in [4.78, 5) is 61.6. The van der Waals surface area contributed by atoms with E-state index in [-0.39, 0.29) is 25.7 Å². The summed E-state index contributed by atoms with van der Waals surface area (Å²) in [7, 11) is 0. The first-order valence-electron chi connectivity index (χ1n) is 8.61. The fourth-order valence-corrected chi connectivity index (χ4v) is 3.50. The van der Waals surface area contributed by atoms with Gasteiger partial charge in [-0.05, 0) is 24.1 Å². The van der Waals surface area contributed by atoms with Crippen LogP contribution in [0.4, 0.5) is 5.69 Å². The number of carbonyl (C=O) groups excluding carboxylic acids is 5. The topological polar surface area (TPSA) is 138 Å². The minimum absolute atomic E-state index is 0.0179. The van der Waals surface area contributed by atoms with Crippen molar-refractivity contribution in [3.63, 3.8) is 0 Å². The van der Waals surface area contributed by atoms with E-state index in [0.717, 1.165) is 22.0 Å². The molecule has 2 aliphatic rings. The van der Waals surface area contributed by atoms with Crippen molar-refractivity contribution in [3.05, 3.63) is 42.0 Å². The second-order valence-electron chi connectivity index (χ2n) is 6.32. The Kier molecular flexibility index (Phi) is 5.99. The fraction of sp³-hybridized carbons (Fsp3) is 0.278. The summed E-state index contributed by atoms with van der Waals surface area (Å²) < 4.78 is 23.4. The van der Waals surface area contributed by atoms with Gasteiger partial charge >= 0.3 is 17.3 Å². The highest BCUT2D eigenvalue weighted by Crippen LogP contribution is 2.32. The molecule has 1 N–H and O–H groups in total. The van der Waals surface area contributed by atoms with Gasteiger partial charge in [-0.1, -0.05) is 12.1 Å². The molecule has 0 saturated carbocycles. The van der Waals surface area contributed by atoms with Gasteiger partial charge in [-0.15, -0.1) is 0 Å². The zero-order valence-corrected chi connectivity index (χ0v) is 15.8. The molecule has 1 saturated heterocycles. The number of hydrogen-bond donors (Lipinski definition) is 1. The lowest BCUT2D eigenvalue weighted by Crippen LogP contribution is -2.34. The summed E-state index contributed by atoms with van der Waals surface area (Å²) in [5.41, 5.74) is 0.823. The maximum atomic E-state index is 12.2. The average Bonchev–Trinajstić information content (AvgIpc) is 3.17. The van der Waals surface area contributed by atoms with Crippen LogP contribution < -0.4 is 4.90 Å². The Labute approximate surface area is 167 Å². The minimum Gasteiger partial charge on any atom is -0.343 e. The predicted molar refractivity (Wildman–Crippen MR) is 98.0 cm³/mol. The van der Waals surface area contributed by atoms with Crippen LogP contribution in [0.1, 0.15) is 37.3 Å². The maximum Gasteiger partial charge on any atom is 0.360 e. The number of carbonyl (C=O) groups is 5. The van der Waals surface area contributed by atoms with Gasteiger partial charge in [0.15, 0.2) is 0 Å². The van der Waals surface area contributed by atoms with Gasteiger partial charge < -0.3 is 4.18 Å². The third kappa shape index (κ3) is 4.46. The van der Waals surface area contributed by atoms with Crippen molar-refractivity contribution in [2.24, 2.45) is 0 Å². The number of hydrogen-bond acceptors (Lipinski definition) is 7. The first-order chi connectivity index (χ1) is 13.8. The van der Waals surface area contributed by atoms with E-state index in [9.17, 15) is 28.2 Å². The monoisotopic (exact) mass is 420 g/mol. The molecule has 0 spiro atoms.